The highest BCUT2D eigenvalue weighted by atomic mass is 35.5. The van der Waals surface area contributed by atoms with Gasteiger partial charge < -0.3 is 10.0 Å². The number of hydrogen-bond acceptors (Lipinski definition) is 3. The van der Waals surface area contributed by atoms with Crippen molar-refractivity contribution in [2.75, 3.05) is 18.6 Å². The highest BCUT2D eigenvalue weighted by Gasteiger charge is 2.39. The van der Waals surface area contributed by atoms with Crippen LogP contribution in [0, 0.1) is 0 Å². The van der Waals surface area contributed by atoms with Crippen LogP contribution in [0.15, 0.2) is 24.3 Å². The van der Waals surface area contributed by atoms with Crippen LogP contribution >= 0.6 is 23.4 Å². The SMILES string of the molecule is CN(Cc1ccccc1Cl)C(=O)C1(O)CCSCC1. The van der Waals surface area contributed by atoms with Gasteiger partial charge in [0.1, 0.15) is 5.60 Å². The molecule has 19 heavy (non-hydrogen) atoms. The summed E-state index contributed by atoms with van der Waals surface area (Å²) in [6.07, 6.45) is 1.06. The minimum atomic E-state index is -1.19. The summed E-state index contributed by atoms with van der Waals surface area (Å²) < 4.78 is 0. The molecule has 3 nitrogen and oxygen atoms in total. The molecule has 0 atom stereocenters. The summed E-state index contributed by atoms with van der Waals surface area (Å²) in [4.78, 5) is 13.9. The second-order valence-electron chi connectivity index (χ2n) is 4.90. The van der Waals surface area contributed by atoms with Crippen LogP contribution in [0.25, 0.3) is 0 Å². The van der Waals surface area contributed by atoms with Crippen LogP contribution in [0.2, 0.25) is 5.02 Å². The van der Waals surface area contributed by atoms with Crippen LogP contribution in [0.5, 0.6) is 0 Å². The number of carbonyl (C=O) groups is 1. The molecule has 0 aliphatic carbocycles. The Bertz CT molecular complexity index is 461. The monoisotopic (exact) mass is 299 g/mol. The summed E-state index contributed by atoms with van der Waals surface area (Å²) in [5.41, 5.74) is -0.296. The predicted octanol–water partition coefficient (Wildman–Crippen LogP) is 2.56. The van der Waals surface area contributed by atoms with Gasteiger partial charge in [-0.2, -0.15) is 11.8 Å². The van der Waals surface area contributed by atoms with Crippen molar-refractivity contribution in [3.8, 4) is 0 Å². The molecular formula is C14H18ClNO2S. The van der Waals surface area contributed by atoms with Gasteiger partial charge in [-0.1, -0.05) is 29.8 Å². The van der Waals surface area contributed by atoms with Gasteiger partial charge in [-0.25, -0.2) is 0 Å². The van der Waals surface area contributed by atoms with Crippen LogP contribution < -0.4 is 0 Å². The van der Waals surface area contributed by atoms with E-state index in [2.05, 4.69) is 0 Å². The van der Waals surface area contributed by atoms with Gasteiger partial charge in [0, 0.05) is 18.6 Å². The number of benzene rings is 1. The number of hydrogen-bond donors (Lipinski definition) is 1. The Kier molecular flexibility index (Phi) is 4.76. The zero-order valence-corrected chi connectivity index (χ0v) is 12.5. The molecule has 1 aliphatic rings. The van der Waals surface area contributed by atoms with Gasteiger partial charge >= 0.3 is 0 Å². The Labute approximate surface area is 122 Å². The van der Waals surface area contributed by atoms with E-state index in [0.29, 0.717) is 24.4 Å². The van der Waals surface area contributed by atoms with Crippen LogP contribution in [0.4, 0.5) is 0 Å². The Balaban J connectivity index is 2.05. The summed E-state index contributed by atoms with van der Waals surface area (Å²) in [5, 5.41) is 11.1. The van der Waals surface area contributed by atoms with Crippen molar-refractivity contribution in [1.29, 1.82) is 0 Å². The molecule has 1 heterocycles. The molecule has 0 spiro atoms. The molecule has 0 aromatic heterocycles. The molecule has 104 valence electrons. The number of rotatable bonds is 3. The Morgan fingerprint density at radius 1 is 1.42 bits per heavy atom. The first-order chi connectivity index (χ1) is 9.03. The predicted molar refractivity (Wildman–Crippen MR) is 79.4 cm³/mol. The van der Waals surface area contributed by atoms with Gasteiger partial charge in [0.25, 0.3) is 5.91 Å². The van der Waals surface area contributed by atoms with E-state index in [1.165, 1.54) is 0 Å². The normalized spacial score (nSPS) is 18.1. The molecule has 5 heteroatoms. The van der Waals surface area contributed by atoms with E-state index < -0.39 is 5.60 Å². The Morgan fingerprint density at radius 2 is 2.05 bits per heavy atom. The number of amides is 1. The van der Waals surface area contributed by atoms with Gasteiger partial charge in [0.2, 0.25) is 0 Å². The van der Waals surface area contributed by atoms with Gasteiger partial charge in [0.15, 0.2) is 0 Å². The average Bonchev–Trinajstić information content (AvgIpc) is 2.41. The summed E-state index contributed by atoms with van der Waals surface area (Å²) in [6.45, 7) is 0.425. The maximum atomic E-state index is 12.4. The first kappa shape index (κ1) is 14.7. The Morgan fingerprint density at radius 3 is 2.68 bits per heavy atom. The van der Waals surface area contributed by atoms with Crippen molar-refractivity contribution in [2.24, 2.45) is 0 Å². The molecule has 1 amide bonds. The van der Waals surface area contributed by atoms with Gasteiger partial charge in [-0.3, -0.25) is 4.79 Å². The van der Waals surface area contributed by atoms with E-state index in [9.17, 15) is 9.90 Å². The van der Waals surface area contributed by atoms with Gasteiger partial charge in [0.05, 0.1) is 0 Å². The highest BCUT2D eigenvalue weighted by molar-refractivity contribution is 7.99. The van der Waals surface area contributed by atoms with Crippen LogP contribution in [-0.4, -0.2) is 40.1 Å². The molecule has 2 rings (SSSR count). The highest BCUT2D eigenvalue weighted by Crippen LogP contribution is 2.29. The van der Waals surface area contributed by atoms with Crippen molar-refractivity contribution in [3.63, 3.8) is 0 Å². The fraction of sp³-hybridized carbons (Fsp3) is 0.500. The number of carbonyl (C=O) groups excluding carboxylic acids is 1. The van der Waals surface area contributed by atoms with Crippen molar-refractivity contribution >= 4 is 29.3 Å². The molecule has 1 aliphatic heterocycles. The van der Waals surface area contributed by atoms with Gasteiger partial charge in [-0.15, -0.1) is 0 Å². The van der Waals surface area contributed by atoms with Crippen LogP contribution in [-0.2, 0) is 11.3 Å². The average molecular weight is 300 g/mol. The minimum Gasteiger partial charge on any atom is -0.380 e. The minimum absolute atomic E-state index is 0.201. The quantitative estimate of drug-likeness (QED) is 0.932. The number of likely N-dealkylation sites (N-methyl/N-ethyl adjacent to an activating group) is 1. The smallest absolute Gasteiger partial charge is 0.254 e. The van der Waals surface area contributed by atoms with Gasteiger partial charge in [-0.05, 0) is 36.0 Å². The molecule has 1 aromatic rings. The standard InChI is InChI=1S/C14H18ClNO2S/c1-16(10-11-4-2-3-5-12(11)15)13(17)14(18)6-8-19-9-7-14/h2-5,18H,6-10H2,1H3. The summed E-state index contributed by atoms with van der Waals surface area (Å²) >= 11 is 7.87. The molecule has 0 saturated carbocycles. The van der Waals surface area contributed by atoms with Crippen LogP contribution in [0.3, 0.4) is 0 Å². The van der Waals surface area contributed by atoms with E-state index in [4.69, 9.17) is 11.6 Å². The fourth-order valence-corrected chi connectivity index (χ4v) is 3.60. The molecule has 0 radical (unpaired) electrons. The maximum absolute atomic E-state index is 12.4. The molecule has 1 N–H and O–H groups in total. The van der Waals surface area contributed by atoms with Crippen molar-refractivity contribution in [2.45, 2.75) is 25.0 Å². The zero-order valence-electron chi connectivity index (χ0n) is 10.9. The topological polar surface area (TPSA) is 40.5 Å². The molecule has 0 bridgehead atoms. The molecular weight excluding hydrogens is 282 g/mol. The molecule has 1 aromatic carbocycles. The molecule has 1 saturated heterocycles. The maximum Gasteiger partial charge on any atom is 0.254 e. The van der Waals surface area contributed by atoms with Crippen molar-refractivity contribution in [1.82, 2.24) is 4.90 Å². The summed E-state index contributed by atoms with van der Waals surface area (Å²) in [5.74, 6) is 1.47. The van der Waals surface area contributed by atoms with Crippen LogP contribution in [0.1, 0.15) is 18.4 Å². The summed E-state index contributed by atoms with van der Waals surface area (Å²) in [6, 6.07) is 7.46. The first-order valence-corrected chi connectivity index (χ1v) is 7.85. The number of aliphatic hydroxyl groups is 1. The van der Waals surface area contributed by atoms with E-state index >= 15 is 0 Å². The second kappa shape index (κ2) is 6.16. The Hall–Kier alpha value is -0.710. The molecule has 0 unspecified atom stereocenters. The number of thioether (sulfide) groups is 1. The number of halogens is 1. The lowest BCUT2D eigenvalue weighted by Crippen LogP contribution is -2.49. The van der Waals surface area contributed by atoms with E-state index in [1.54, 1.807) is 29.8 Å². The second-order valence-corrected chi connectivity index (χ2v) is 6.53. The van der Waals surface area contributed by atoms with Crippen molar-refractivity contribution in [3.05, 3.63) is 34.9 Å². The van der Waals surface area contributed by atoms with E-state index in [-0.39, 0.29) is 5.91 Å². The lowest BCUT2D eigenvalue weighted by Gasteiger charge is -2.34. The fourth-order valence-electron chi connectivity index (χ4n) is 2.23. The summed E-state index contributed by atoms with van der Waals surface area (Å²) in [7, 11) is 1.71. The number of nitrogens with zero attached hydrogens (tertiary/aromatic N) is 1. The van der Waals surface area contributed by atoms with Crippen molar-refractivity contribution < 1.29 is 9.90 Å². The molecule has 1 fully saturated rings. The first-order valence-electron chi connectivity index (χ1n) is 6.32. The lowest BCUT2D eigenvalue weighted by atomic mass is 9.95. The van der Waals surface area contributed by atoms with E-state index in [0.717, 1.165) is 17.1 Å². The lowest BCUT2D eigenvalue weighted by molar-refractivity contribution is -0.151. The third kappa shape index (κ3) is 3.44. The third-order valence-corrected chi connectivity index (χ3v) is 4.78. The zero-order chi connectivity index (χ0) is 13.9. The largest absolute Gasteiger partial charge is 0.380 e. The van der Waals surface area contributed by atoms with E-state index in [1.807, 2.05) is 18.2 Å². The third-order valence-electron chi connectivity index (χ3n) is 3.43.